The lowest BCUT2D eigenvalue weighted by molar-refractivity contribution is 0.641. The van der Waals surface area contributed by atoms with Gasteiger partial charge < -0.3 is 4.57 Å². The van der Waals surface area contributed by atoms with E-state index in [-0.39, 0.29) is 5.38 Å². The van der Waals surface area contributed by atoms with Crippen LogP contribution in [-0.4, -0.2) is 24.3 Å². The van der Waals surface area contributed by atoms with Crippen molar-refractivity contribution in [1.82, 2.24) is 24.3 Å². The second-order valence-corrected chi connectivity index (χ2v) is 6.53. The minimum Gasteiger partial charge on any atom is -0.326 e. The summed E-state index contributed by atoms with van der Waals surface area (Å²) in [5, 5.41) is 4.17. The zero-order valence-corrected chi connectivity index (χ0v) is 14.1. The Labute approximate surface area is 136 Å². The van der Waals surface area contributed by atoms with Gasteiger partial charge in [0, 0.05) is 24.5 Å². The molecule has 21 heavy (non-hydrogen) atoms. The van der Waals surface area contributed by atoms with Crippen LogP contribution in [0.5, 0.6) is 0 Å². The second-order valence-electron chi connectivity index (χ2n) is 4.96. The molecule has 1 unspecified atom stereocenters. The summed E-state index contributed by atoms with van der Waals surface area (Å²) in [4.78, 5) is 8.90. The number of nitrogens with zero attached hydrogens (tertiary/aromatic N) is 5. The molecule has 0 fully saturated rings. The summed E-state index contributed by atoms with van der Waals surface area (Å²) in [6, 6.07) is 6.05. The van der Waals surface area contributed by atoms with Crippen molar-refractivity contribution in [2.75, 3.05) is 0 Å². The van der Waals surface area contributed by atoms with Gasteiger partial charge in [-0.25, -0.2) is 9.97 Å². The summed E-state index contributed by atoms with van der Waals surface area (Å²) in [6.07, 6.45) is 2.46. The maximum absolute atomic E-state index is 6.28. The van der Waals surface area contributed by atoms with Gasteiger partial charge in [-0.05, 0) is 25.1 Å². The van der Waals surface area contributed by atoms with Crippen LogP contribution in [0.4, 0.5) is 0 Å². The summed E-state index contributed by atoms with van der Waals surface area (Å²) in [7, 11) is 1.87. The second kappa shape index (κ2) is 5.77. The first-order valence-electron chi connectivity index (χ1n) is 6.69. The van der Waals surface area contributed by atoms with E-state index >= 15 is 0 Å². The molecule has 2 heterocycles. The molecule has 1 atom stereocenters. The van der Waals surface area contributed by atoms with Gasteiger partial charge in [-0.15, -0.1) is 11.6 Å². The number of alkyl halides is 1. The minimum absolute atomic E-state index is 0.145. The number of aryl methyl sites for hydroxylation is 3. The fourth-order valence-corrected chi connectivity index (χ4v) is 2.88. The number of hydrogen-bond donors (Lipinski definition) is 0. The Morgan fingerprint density at radius 3 is 2.86 bits per heavy atom. The topological polar surface area (TPSA) is 48.5 Å². The molecule has 0 saturated heterocycles. The van der Waals surface area contributed by atoms with Gasteiger partial charge in [-0.1, -0.05) is 15.9 Å². The average Bonchev–Trinajstić information content (AvgIpc) is 3.00. The maximum Gasteiger partial charge on any atom is 0.152 e. The van der Waals surface area contributed by atoms with Gasteiger partial charge >= 0.3 is 0 Å². The highest BCUT2D eigenvalue weighted by molar-refractivity contribution is 9.10. The number of benzene rings is 1. The van der Waals surface area contributed by atoms with Crippen LogP contribution in [0.25, 0.3) is 11.0 Å². The Balaban J connectivity index is 1.98. The summed E-state index contributed by atoms with van der Waals surface area (Å²) in [5.74, 6) is 1.70. The summed E-state index contributed by atoms with van der Waals surface area (Å²) in [5.41, 5.74) is 2.03. The molecular weight excluding hydrogens is 354 g/mol. The molecule has 2 aromatic heterocycles. The van der Waals surface area contributed by atoms with E-state index in [1.54, 1.807) is 11.0 Å². The Kier molecular flexibility index (Phi) is 3.99. The van der Waals surface area contributed by atoms with Crippen LogP contribution in [0.2, 0.25) is 0 Å². The number of rotatable bonds is 4. The Morgan fingerprint density at radius 1 is 1.38 bits per heavy atom. The summed E-state index contributed by atoms with van der Waals surface area (Å²) in [6.45, 7) is 2.69. The minimum atomic E-state index is -0.145. The first-order chi connectivity index (χ1) is 10.0. The van der Waals surface area contributed by atoms with Crippen molar-refractivity contribution in [3.8, 4) is 0 Å². The van der Waals surface area contributed by atoms with Gasteiger partial charge in [0.1, 0.15) is 12.2 Å². The van der Waals surface area contributed by atoms with Crippen molar-refractivity contribution in [2.24, 2.45) is 7.05 Å². The van der Waals surface area contributed by atoms with Gasteiger partial charge in [0.2, 0.25) is 0 Å². The lowest BCUT2D eigenvalue weighted by Crippen LogP contribution is -2.08. The first-order valence-corrected chi connectivity index (χ1v) is 7.92. The molecule has 5 nitrogen and oxygen atoms in total. The predicted octanol–water partition coefficient (Wildman–Crippen LogP) is 3.47. The molecule has 110 valence electrons. The largest absolute Gasteiger partial charge is 0.326 e. The number of aromatic nitrogens is 5. The van der Waals surface area contributed by atoms with Crippen LogP contribution in [0.3, 0.4) is 0 Å². The average molecular weight is 369 g/mol. The lowest BCUT2D eigenvalue weighted by atomic mass is 10.3. The van der Waals surface area contributed by atoms with Gasteiger partial charge in [-0.3, -0.25) is 4.68 Å². The number of halogens is 2. The monoisotopic (exact) mass is 367 g/mol. The Bertz CT molecular complexity index is 777. The molecule has 0 bridgehead atoms. The van der Waals surface area contributed by atoms with Crippen molar-refractivity contribution in [2.45, 2.75) is 25.3 Å². The zero-order valence-electron chi connectivity index (χ0n) is 11.8. The van der Waals surface area contributed by atoms with E-state index in [0.29, 0.717) is 0 Å². The first kappa shape index (κ1) is 14.5. The van der Waals surface area contributed by atoms with E-state index in [1.165, 1.54) is 0 Å². The molecule has 0 aliphatic heterocycles. The number of hydrogen-bond acceptors (Lipinski definition) is 3. The third kappa shape index (κ3) is 2.96. The van der Waals surface area contributed by atoms with Crippen LogP contribution in [0.15, 0.2) is 29.0 Å². The molecule has 0 amide bonds. The van der Waals surface area contributed by atoms with E-state index in [2.05, 4.69) is 41.6 Å². The van der Waals surface area contributed by atoms with Gasteiger partial charge in [0.15, 0.2) is 5.82 Å². The molecule has 3 rings (SSSR count). The van der Waals surface area contributed by atoms with E-state index in [0.717, 1.165) is 40.1 Å². The SMILES string of the molecule is CC(Cl)c1nc2ccc(Br)cc2n1CCc1ncn(C)n1. The van der Waals surface area contributed by atoms with Gasteiger partial charge in [-0.2, -0.15) is 5.10 Å². The summed E-state index contributed by atoms with van der Waals surface area (Å²) < 4.78 is 4.89. The van der Waals surface area contributed by atoms with Gasteiger partial charge in [0.25, 0.3) is 0 Å². The van der Waals surface area contributed by atoms with Crippen LogP contribution in [0, 0.1) is 0 Å². The molecular formula is C14H15BrClN5. The van der Waals surface area contributed by atoms with Crippen LogP contribution in [0.1, 0.15) is 23.9 Å². The molecule has 0 saturated carbocycles. The van der Waals surface area contributed by atoms with Crippen molar-refractivity contribution < 1.29 is 0 Å². The molecule has 3 aromatic rings. The van der Waals surface area contributed by atoms with Crippen molar-refractivity contribution in [1.29, 1.82) is 0 Å². The molecule has 0 radical (unpaired) electrons. The number of fused-ring (bicyclic) bond motifs is 1. The normalized spacial score (nSPS) is 13.0. The highest BCUT2D eigenvalue weighted by Crippen LogP contribution is 2.26. The third-order valence-electron chi connectivity index (χ3n) is 3.30. The van der Waals surface area contributed by atoms with E-state index in [9.17, 15) is 0 Å². The van der Waals surface area contributed by atoms with Gasteiger partial charge in [0.05, 0.1) is 16.4 Å². The maximum atomic E-state index is 6.28. The number of imidazole rings is 1. The smallest absolute Gasteiger partial charge is 0.152 e. The standard InChI is InChI=1S/C14H15BrClN5/c1-9(16)14-18-11-4-3-10(15)7-12(11)21(14)6-5-13-17-8-20(2)19-13/h3-4,7-9H,5-6H2,1-2H3. The molecule has 0 N–H and O–H groups in total. The van der Waals surface area contributed by atoms with Crippen molar-refractivity contribution in [3.05, 3.63) is 40.6 Å². The highest BCUT2D eigenvalue weighted by Gasteiger charge is 2.15. The third-order valence-corrected chi connectivity index (χ3v) is 3.99. The van der Waals surface area contributed by atoms with Crippen LogP contribution >= 0.6 is 27.5 Å². The molecule has 0 spiro atoms. The fraction of sp³-hybridized carbons (Fsp3) is 0.357. The van der Waals surface area contributed by atoms with E-state index in [4.69, 9.17) is 11.6 Å². The Hall–Kier alpha value is -1.40. The molecule has 1 aromatic carbocycles. The molecule has 0 aliphatic carbocycles. The van der Waals surface area contributed by atoms with Crippen LogP contribution < -0.4 is 0 Å². The van der Waals surface area contributed by atoms with Crippen molar-refractivity contribution in [3.63, 3.8) is 0 Å². The predicted molar refractivity (Wildman–Crippen MR) is 86.4 cm³/mol. The lowest BCUT2D eigenvalue weighted by Gasteiger charge is -2.09. The fourth-order valence-electron chi connectivity index (χ4n) is 2.36. The zero-order chi connectivity index (χ0) is 15.0. The summed E-state index contributed by atoms with van der Waals surface area (Å²) >= 11 is 9.79. The molecule has 0 aliphatic rings. The van der Waals surface area contributed by atoms with E-state index < -0.39 is 0 Å². The van der Waals surface area contributed by atoms with E-state index in [1.807, 2.05) is 26.1 Å². The van der Waals surface area contributed by atoms with Crippen molar-refractivity contribution >= 4 is 38.6 Å². The highest BCUT2D eigenvalue weighted by atomic mass is 79.9. The molecule has 7 heteroatoms. The quantitative estimate of drug-likeness (QED) is 0.663. The van der Waals surface area contributed by atoms with Crippen LogP contribution in [-0.2, 0) is 20.0 Å². The Morgan fingerprint density at radius 2 is 2.19 bits per heavy atom.